The molecule has 2 aromatic rings. The van der Waals surface area contributed by atoms with Crippen LogP contribution in [0.25, 0.3) is 11.4 Å². The molecule has 6 nitrogen and oxygen atoms in total. The van der Waals surface area contributed by atoms with Crippen LogP contribution in [0.3, 0.4) is 0 Å². The molecule has 2 heterocycles. The molecule has 0 saturated carbocycles. The monoisotopic (exact) mass is 274 g/mol. The lowest BCUT2D eigenvalue weighted by molar-refractivity contribution is 0.583. The molecular weight excluding hydrogens is 252 g/mol. The molecule has 108 valence electrons. The molecule has 0 aliphatic heterocycles. The van der Waals surface area contributed by atoms with E-state index in [4.69, 9.17) is 0 Å². The van der Waals surface area contributed by atoms with Crippen LogP contribution in [-0.2, 0) is 6.54 Å². The molecule has 0 spiro atoms. The predicted octanol–water partition coefficient (Wildman–Crippen LogP) is 2.58. The second kappa shape index (κ2) is 6.45. The Labute approximate surface area is 119 Å². The van der Waals surface area contributed by atoms with E-state index in [1.807, 2.05) is 18.5 Å². The largest absolute Gasteiger partial charge is 0.370 e. The molecule has 2 aromatic heterocycles. The molecule has 0 saturated heterocycles. The Hall–Kier alpha value is -1.98. The van der Waals surface area contributed by atoms with Gasteiger partial charge in [-0.05, 0) is 26.7 Å². The zero-order chi connectivity index (χ0) is 14.5. The Bertz CT molecular complexity index is 575. The average molecular weight is 274 g/mol. The van der Waals surface area contributed by atoms with Crippen LogP contribution in [0.1, 0.15) is 38.1 Å². The van der Waals surface area contributed by atoms with Gasteiger partial charge in [0.1, 0.15) is 17.3 Å². The van der Waals surface area contributed by atoms with Crippen molar-refractivity contribution in [2.24, 2.45) is 0 Å². The van der Waals surface area contributed by atoms with Gasteiger partial charge >= 0.3 is 0 Å². The molecule has 6 heteroatoms. The van der Waals surface area contributed by atoms with Crippen molar-refractivity contribution in [2.45, 2.75) is 47.1 Å². The van der Waals surface area contributed by atoms with Crippen LogP contribution in [-0.4, -0.2) is 31.5 Å². The summed E-state index contributed by atoms with van der Waals surface area (Å²) in [4.78, 5) is 9.06. The van der Waals surface area contributed by atoms with Gasteiger partial charge in [0.15, 0.2) is 0 Å². The van der Waals surface area contributed by atoms with Gasteiger partial charge < -0.3 is 5.32 Å². The highest BCUT2D eigenvalue weighted by Crippen LogP contribution is 2.25. The fraction of sp³-hybridized carbons (Fsp3) is 0.571. The van der Waals surface area contributed by atoms with E-state index in [9.17, 15) is 0 Å². The number of hydrogen-bond donors (Lipinski definition) is 1. The highest BCUT2D eigenvalue weighted by Gasteiger charge is 2.15. The third-order valence-electron chi connectivity index (χ3n) is 3.10. The second-order valence-electron chi connectivity index (χ2n) is 4.86. The van der Waals surface area contributed by atoms with Gasteiger partial charge in [0.05, 0.1) is 11.9 Å². The summed E-state index contributed by atoms with van der Waals surface area (Å²) < 4.78 is 1.90. The van der Waals surface area contributed by atoms with E-state index >= 15 is 0 Å². The summed E-state index contributed by atoms with van der Waals surface area (Å²) in [5.41, 5.74) is 2.91. The zero-order valence-electron chi connectivity index (χ0n) is 12.6. The van der Waals surface area contributed by atoms with Crippen molar-refractivity contribution in [1.82, 2.24) is 25.0 Å². The molecule has 0 aliphatic carbocycles. The molecule has 20 heavy (non-hydrogen) atoms. The van der Waals surface area contributed by atoms with Crippen LogP contribution >= 0.6 is 0 Å². The Morgan fingerprint density at radius 1 is 1.15 bits per heavy atom. The van der Waals surface area contributed by atoms with Crippen molar-refractivity contribution in [2.75, 3.05) is 11.9 Å². The molecule has 0 fully saturated rings. The maximum atomic E-state index is 4.57. The number of nitrogens with one attached hydrogen (secondary N) is 1. The topological polar surface area (TPSA) is 68.5 Å². The molecular formula is C14H22N6. The maximum Gasteiger partial charge on any atom is 0.133 e. The fourth-order valence-corrected chi connectivity index (χ4v) is 2.11. The first-order chi connectivity index (χ1) is 9.67. The number of aromatic nitrogens is 5. The summed E-state index contributed by atoms with van der Waals surface area (Å²) >= 11 is 0. The first-order valence-corrected chi connectivity index (χ1v) is 7.15. The van der Waals surface area contributed by atoms with E-state index < -0.39 is 0 Å². The summed E-state index contributed by atoms with van der Waals surface area (Å²) in [6, 6.07) is 0. The van der Waals surface area contributed by atoms with Crippen molar-refractivity contribution >= 4 is 5.82 Å². The Balaban J connectivity index is 2.45. The van der Waals surface area contributed by atoms with Crippen molar-refractivity contribution in [3.63, 3.8) is 0 Å². The van der Waals surface area contributed by atoms with Gasteiger partial charge in [-0.3, -0.25) is 0 Å². The van der Waals surface area contributed by atoms with E-state index in [1.54, 1.807) is 6.20 Å². The molecule has 2 rings (SSSR count). The number of anilines is 1. The van der Waals surface area contributed by atoms with Crippen LogP contribution in [0.15, 0.2) is 6.20 Å². The normalized spacial score (nSPS) is 10.8. The molecule has 0 amide bonds. The Morgan fingerprint density at radius 3 is 2.65 bits per heavy atom. The lowest BCUT2D eigenvalue weighted by Crippen LogP contribution is -2.09. The summed E-state index contributed by atoms with van der Waals surface area (Å²) in [5, 5.41) is 11.5. The second-order valence-corrected chi connectivity index (χ2v) is 4.86. The van der Waals surface area contributed by atoms with Gasteiger partial charge in [-0.2, -0.15) is 0 Å². The fourth-order valence-electron chi connectivity index (χ4n) is 2.11. The van der Waals surface area contributed by atoms with E-state index in [2.05, 4.69) is 39.4 Å². The quantitative estimate of drug-likeness (QED) is 0.876. The molecule has 0 bridgehead atoms. The number of nitrogens with zero attached hydrogens (tertiary/aromatic N) is 5. The van der Waals surface area contributed by atoms with Gasteiger partial charge in [-0.15, -0.1) is 5.10 Å². The SMILES string of the molecule is CCCNc1nc(C)nc(-c2cnnn2CCC)c1C. The third-order valence-corrected chi connectivity index (χ3v) is 3.10. The van der Waals surface area contributed by atoms with Gasteiger partial charge in [0.25, 0.3) is 0 Å². The number of hydrogen-bond acceptors (Lipinski definition) is 5. The van der Waals surface area contributed by atoms with Gasteiger partial charge in [0.2, 0.25) is 0 Å². The van der Waals surface area contributed by atoms with Gasteiger partial charge in [-0.1, -0.05) is 19.1 Å². The van der Waals surface area contributed by atoms with Gasteiger partial charge in [0, 0.05) is 18.7 Å². The minimum atomic E-state index is 0.758. The van der Waals surface area contributed by atoms with Crippen LogP contribution in [0.5, 0.6) is 0 Å². The molecule has 0 radical (unpaired) electrons. The molecule has 0 atom stereocenters. The average Bonchev–Trinajstić information content (AvgIpc) is 2.88. The standard InChI is InChI=1S/C14H22N6/c1-5-7-15-14-10(3)13(17-11(4)18-14)12-9-16-19-20(12)8-6-2/h9H,5-8H2,1-4H3,(H,15,17,18). The van der Waals surface area contributed by atoms with Crippen LogP contribution in [0, 0.1) is 13.8 Å². The van der Waals surface area contributed by atoms with Crippen LogP contribution in [0.2, 0.25) is 0 Å². The van der Waals surface area contributed by atoms with Crippen molar-refractivity contribution in [3.05, 3.63) is 17.6 Å². The summed E-state index contributed by atoms with van der Waals surface area (Å²) in [6.45, 7) is 9.96. The number of rotatable bonds is 6. The predicted molar refractivity (Wildman–Crippen MR) is 79.6 cm³/mol. The van der Waals surface area contributed by atoms with E-state index in [1.165, 1.54) is 0 Å². The van der Waals surface area contributed by atoms with E-state index in [0.29, 0.717) is 0 Å². The highest BCUT2D eigenvalue weighted by molar-refractivity contribution is 5.64. The van der Waals surface area contributed by atoms with E-state index in [-0.39, 0.29) is 0 Å². The summed E-state index contributed by atoms with van der Waals surface area (Å²) in [7, 11) is 0. The highest BCUT2D eigenvalue weighted by atomic mass is 15.4. The minimum absolute atomic E-state index is 0.758. The lowest BCUT2D eigenvalue weighted by Gasteiger charge is -2.13. The Kier molecular flexibility index (Phi) is 4.65. The molecule has 0 aliphatic rings. The smallest absolute Gasteiger partial charge is 0.133 e. The summed E-state index contributed by atoms with van der Waals surface area (Å²) in [5.74, 6) is 1.66. The van der Waals surface area contributed by atoms with Gasteiger partial charge in [-0.25, -0.2) is 14.6 Å². The zero-order valence-corrected chi connectivity index (χ0v) is 12.6. The Morgan fingerprint density at radius 2 is 1.95 bits per heavy atom. The first-order valence-electron chi connectivity index (χ1n) is 7.15. The van der Waals surface area contributed by atoms with E-state index in [0.717, 1.165) is 54.5 Å². The number of aryl methyl sites for hydroxylation is 2. The molecule has 1 N–H and O–H groups in total. The van der Waals surface area contributed by atoms with Crippen LogP contribution in [0.4, 0.5) is 5.82 Å². The summed E-state index contributed by atoms with van der Waals surface area (Å²) in [6.07, 6.45) is 3.85. The van der Waals surface area contributed by atoms with Crippen LogP contribution < -0.4 is 5.32 Å². The van der Waals surface area contributed by atoms with Crippen molar-refractivity contribution in [1.29, 1.82) is 0 Å². The molecule has 0 aromatic carbocycles. The van der Waals surface area contributed by atoms with Crippen molar-refractivity contribution < 1.29 is 0 Å². The first kappa shape index (κ1) is 14.4. The van der Waals surface area contributed by atoms with Crippen molar-refractivity contribution in [3.8, 4) is 11.4 Å². The third kappa shape index (κ3) is 2.95. The maximum absolute atomic E-state index is 4.57. The minimum Gasteiger partial charge on any atom is -0.370 e. The lowest BCUT2D eigenvalue weighted by atomic mass is 10.1. The molecule has 0 unspecified atom stereocenters.